The SMILES string of the molecule is O=[N+]([O-])c1cc(CBr)ccc1OCCOC(F)(F)F. The number of hydrogen-bond donors (Lipinski definition) is 0. The summed E-state index contributed by atoms with van der Waals surface area (Å²) in [6, 6.07) is 4.19. The molecule has 0 aliphatic carbocycles. The molecule has 0 atom stereocenters. The van der Waals surface area contributed by atoms with Crippen LogP contribution in [0.4, 0.5) is 18.9 Å². The fourth-order valence-corrected chi connectivity index (χ4v) is 1.57. The van der Waals surface area contributed by atoms with Gasteiger partial charge in [0.1, 0.15) is 6.61 Å². The zero-order valence-corrected chi connectivity index (χ0v) is 11.0. The van der Waals surface area contributed by atoms with Crippen molar-refractivity contribution in [2.24, 2.45) is 0 Å². The highest BCUT2D eigenvalue weighted by molar-refractivity contribution is 9.08. The first-order valence-corrected chi connectivity index (χ1v) is 6.12. The molecular formula is C10H9BrF3NO4. The van der Waals surface area contributed by atoms with Gasteiger partial charge in [0.25, 0.3) is 0 Å². The van der Waals surface area contributed by atoms with Crippen LogP contribution in [0.25, 0.3) is 0 Å². The van der Waals surface area contributed by atoms with Crippen LogP contribution in [0.3, 0.4) is 0 Å². The Kier molecular flexibility index (Phi) is 5.55. The Bertz CT molecular complexity index is 453. The summed E-state index contributed by atoms with van der Waals surface area (Å²) in [4.78, 5) is 10.1. The van der Waals surface area contributed by atoms with Crippen molar-refractivity contribution in [2.45, 2.75) is 11.7 Å². The maximum Gasteiger partial charge on any atom is 0.522 e. The number of alkyl halides is 4. The van der Waals surface area contributed by atoms with Crippen LogP contribution < -0.4 is 4.74 Å². The van der Waals surface area contributed by atoms with Crippen LogP contribution in [-0.2, 0) is 10.1 Å². The largest absolute Gasteiger partial charge is 0.522 e. The number of benzene rings is 1. The Morgan fingerprint density at radius 3 is 2.53 bits per heavy atom. The highest BCUT2D eigenvalue weighted by Gasteiger charge is 2.28. The van der Waals surface area contributed by atoms with Crippen LogP contribution in [0.1, 0.15) is 5.56 Å². The van der Waals surface area contributed by atoms with Crippen LogP contribution in [-0.4, -0.2) is 24.5 Å². The third kappa shape index (κ3) is 5.43. The molecule has 0 unspecified atom stereocenters. The third-order valence-corrected chi connectivity index (χ3v) is 2.63. The maximum absolute atomic E-state index is 11.7. The van der Waals surface area contributed by atoms with Crippen LogP contribution in [0.15, 0.2) is 18.2 Å². The molecule has 0 N–H and O–H groups in total. The average Bonchev–Trinajstić information content (AvgIpc) is 2.33. The number of hydrogen-bond acceptors (Lipinski definition) is 4. The monoisotopic (exact) mass is 343 g/mol. The summed E-state index contributed by atoms with van der Waals surface area (Å²) in [7, 11) is 0. The average molecular weight is 344 g/mol. The van der Waals surface area contributed by atoms with Crippen LogP contribution in [0.2, 0.25) is 0 Å². The van der Waals surface area contributed by atoms with Gasteiger partial charge >= 0.3 is 12.0 Å². The number of nitrogens with zero attached hydrogens (tertiary/aromatic N) is 1. The second kappa shape index (κ2) is 6.71. The van der Waals surface area contributed by atoms with E-state index in [9.17, 15) is 23.3 Å². The van der Waals surface area contributed by atoms with E-state index < -0.39 is 24.5 Å². The molecule has 1 rings (SSSR count). The molecule has 19 heavy (non-hydrogen) atoms. The maximum atomic E-state index is 11.7. The van der Waals surface area contributed by atoms with Crippen LogP contribution >= 0.6 is 15.9 Å². The van der Waals surface area contributed by atoms with E-state index >= 15 is 0 Å². The van der Waals surface area contributed by atoms with Crippen molar-refractivity contribution < 1.29 is 27.6 Å². The molecule has 0 aliphatic rings. The van der Waals surface area contributed by atoms with Crippen molar-refractivity contribution in [1.82, 2.24) is 0 Å². The lowest BCUT2D eigenvalue weighted by atomic mass is 10.2. The second-order valence-electron chi connectivity index (χ2n) is 3.34. The van der Waals surface area contributed by atoms with E-state index in [2.05, 4.69) is 20.7 Å². The molecule has 0 aliphatic heterocycles. The Balaban J connectivity index is 2.65. The lowest BCUT2D eigenvalue weighted by Gasteiger charge is -2.09. The number of nitro groups is 1. The quantitative estimate of drug-likeness (QED) is 0.343. The third-order valence-electron chi connectivity index (χ3n) is 1.98. The van der Waals surface area contributed by atoms with E-state index in [-0.39, 0.29) is 11.4 Å². The van der Waals surface area contributed by atoms with Gasteiger partial charge in [-0.25, -0.2) is 0 Å². The first-order chi connectivity index (χ1) is 8.83. The molecule has 0 fully saturated rings. The van der Waals surface area contributed by atoms with Gasteiger partial charge in [0.2, 0.25) is 0 Å². The normalized spacial score (nSPS) is 11.4. The molecule has 1 aromatic carbocycles. The van der Waals surface area contributed by atoms with Crippen LogP contribution in [0, 0.1) is 10.1 Å². The van der Waals surface area contributed by atoms with Crippen molar-refractivity contribution in [3.8, 4) is 5.75 Å². The highest BCUT2D eigenvalue weighted by Crippen LogP contribution is 2.28. The summed E-state index contributed by atoms with van der Waals surface area (Å²) in [5, 5.41) is 11.2. The Hall–Kier alpha value is -1.35. The minimum Gasteiger partial charge on any atom is -0.484 e. The van der Waals surface area contributed by atoms with Crippen LogP contribution in [0.5, 0.6) is 5.75 Å². The smallest absolute Gasteiger partial charge is 0.484 e. The van der Waals surface area contributed by atoms with Gasteiger partial charge in [-0.1, -0.05) is 22.0 Å². The molecule has 0 saturated carbocycles. The molecular weight excluding hydrogens is 335 g/mol. The topological polar surface area (TPSA) is 61.6 Å². The van der Waals surface area contributed by atoms with Crippen molar-refractivity contribution in [1.29, 1.82) is 0 Å². The molecule has 0 radical (unpaired) electrons. The molecule has 0 heterocycles. The van der Waals surface area contributed by atoms with Gasteiger partial charge in [-0.2, -0.15) is 0 Å². The zero-order valence-electron chi connectivity index (χ0n) is 9.45. The minimum atomic E-state index is -4.74. The summed E-state index contributed by atoms with van der Waals surface area (Å²) < 4.78 is 43.5. The van der Waals surface area contributed by atoms with Gasteiger partial charge in [-0.15, -0.1) is 13.2 Å². The van der Waals surface area contributed by atoms with E-state index in [0.29, 0.717) is 10.9 Å². The van der Waals surface area contributed by atoms with Crippen molar-refractivity contribution in [3.63, 3.8) is 0 Å². The van der Waals surface area contributed by atoms with Gasteiger partial charge in [-0.05, 0) is 11.6 Å². The van der Waals surface area contributed by atoms with Gasteiger partial charge in [0, 0.05) is 11.4 Å². The second-order valence-corrected chi connectivity index (χ2v) is 3.90. The number of rotatable bonds is 6. The fourth-order valence-electron chi connectivity index (χ4n) is 1.22. The van der Waals surface area contributed by atoms with E-state index in [1.165, 1.54) is 12.1 Å². The molecule has 0 bridgehead atoms. The molecule has 1 aromatic rings. The Morgan fingerprint density at radius 2 is 2.00 bits per heavy atom. The highest BCUT2D eigenvalue weighted by atomic mass is 79.9. The number of ether oxygens (including phenoxy) is 2. The van der Waals surface area contributed by atoms with E-state index in [1.807, 2.05) is 0 Å². The predicted octanol–water partition coefficient (Wildman–Crippen LogP) is 3.40. The summed E-state index contributed by atoms with van der Waals surface area (Å²) in [6.45, 7) is -1.17. The Labute approximate surface area is 114 Å². The molecule has 0 amide bonds. The first-order valence-electron chi connectivity index (χ1n) is 5.00. The summed E-state index contributed by atoms with van der Waals surface area (Å²) in [5.41, 5.74) is 0.356. The lowest BCUT2D eigenvalue weighted by molar-refractivity contribution is -0.386. The standard InChI is InChI=1S/C10H9BrF3NO4/c11-6-7-1-2-9(8(5-7)15(16)17)18-3-4-19-10(12,13)14/h1-2,5H,3-4,6H2. The molecule has 5 nitrogen and oxygen atoms in total. The number of halogens is 4. The van der Waals surface area contributed by atoms with Gasteiger partial charge in [-0.3, -0.25) is 14.9 Å². The van der Waals surface area contributed by atoms with Crippen molar-refractivity contribution >= 4 is 21.6 Å². The summed E-state index contributed by atoms with van der Waals surface area (Å²) in [5.74, 6) is -0.0968. The summed E-state index contributed by atoms with van der Waals surface area (Å²) in [6.07, 6.45) is -4.74. The molecule has 0 spiro atoms. The Morgan fingerprint density at radius 1 is 1.32 bits per heavy atom. The minimum absolute atomic E-state index is 0.0968. The molecule has 0 aromatic heterocycles. The predicted molar refractivity (Wildman–Crippen MR) is 63.2 cm³/mol. The van der Waals surface area contributed by atoms with Gasteiger partial charge < -0.3 is 4.74 Å². The number of nitro benzene ring substituents is 1. The molecule has 0 saturated heterocycles. The molecule has 106 valence electrons. The fraction of sp³-hybridized carbons (Fsp3) is 0.400. The van der Waals surface area contributed by atoms with E-state index in [1.54, 1.807) is 6.07 Å². The zero-order chi connectivity index (χ0) is 14.5. The lowest BCUT2D eigenvalue weighted by Crippen LogP contribution is -2.18. The van der Waals surface area contributed by atoms with Crippen molar-refractivity contribution in [3.05, 3.63) is 33.9 Å². The van der Waals surface area contributed by atoms with Gasteiger partial charge in [0.05, 0.1) is 11.5 Å². The van der Waals surface area contributed by atoms with E-state index in [0.717, 1.165) is 0 Å². The van der Waals surface area contributed by atoms with Gasteiger partial charge in [0.15, 0.2) is 5.75 Å². The first kappa shape index (κ1) is 15.7. The van der Waals surface area contributed by atoms with Crippen molar-refractivity contribution in [2.75, 3.05) is 13.2 Å². The van der Waals surface area contributed by atoms with E-state index in [4.69, 9.17) is 4.74 Å². The summed E-state index contributed by atoms with van der Waals surface area (Å²) >= 11 is 3.14. The molecule has 9 heteroatoms.